The minimum absolute atomic E-state index is 0.600. The molecule has 0 radical (unpaired) electrons. The summed E-state index contributed by atoms with van der Waals surface area (Å²) in [6.45, 7) is 9.81. The highest BCUT2D eigenvalue weighted by atomic mass is 16.5. The zero-order valence-corrected chi connectivity index (χ0v) is 12.2. The predicted molar refractivity (Wildman–Crippen MR) is 78.4 cm³/mol. The number of benzene rings is 1. The molecule has 0 aliphatic carbocycles. The van der Waals surface area contributed by atoms with E-state index >= 15 is 0 Å². The Hall–Kier alpha value is -1.26. The molecule has 4 heteroatoms. The summed E-state index contributed by atoms with van der Waals surface area (Å²) in [4.78, 5) is 2.46. The summed E-state index contributed by atoms with van der Waals surface area (Å²) in [7, 11) is 1.69. The summed E-state index contributed by atoms with van der Waals surface area (Å²) in [5, 5.41) is 3.39. The molecule has 0 unspecified atom stereocenters. The third-order valence-corrected chi connectivity index (χ3v) is 3.45. The van der Waals surface area contributed by atoms with E-state index in [0.717, 1.165) is 31.9 Å². The first-order valence-corrected chi connectivity index (χ1v) is 6.91. The minimum Gasteiger partial charge on any atom is -0.491 e. The van der Waals surface area contributed by atoms with E-state index in [4.69, 9.17) is 9.47 Å². The lowest BCUT2D eigenvalue weighted by molar-refractivity contribution is 0.146. The first-order chi connectivity index (χ1) is 9.22. The zero-order chi connectivity index (χ0) is 13.7. The van der Waals surface area contributed by atoms with Gasteiger partial charge in [-0.15, -0.1) is 0 Å². The van der Waals surface area contributed by atoms with Gasteiger partial charge >= 0.3 is 0 Å². The van der Waals surface area contributed by atoms with Crippen LogP contribution in [0.25, 0.3) is 0 Å². The molecule has 0 bridgehead atoms. The van der Waals surface area contributed by atoms with Crippen LogP contribution in [0.2, 0.25) is 0 Å². The Morgan fingerprint density at radius 2 is 1.74 bits per heavy atom. The van der Waals surface area contributed by atoms with Gasteiger partial charge in [0.2, 0.25) is 0 Å². The van der Waals surface area contributed by atoms with Crippen LogP contribution in [0.1, 0.15) is 11.1 Å². The molecule has 1 aromatic carbocycles. The second kappa shape index (κ2) is 6.78. The molecule has 1 N–H and O–H groups in total. The SMILES string of the molecule is COCCOc1cc(C)c(N2CCNCC2)c(C)c1. The monoisotopic (exact) mass is 264 g/mol. The minimum atomic E-state index is 0.600. The third kappa shape index (κ3) is 3.61. The van der Waals surface area contributed by atoms with Crippen molar-refractivity contribution in [3.05, 3.63) is 23.3 Å². The molecule has 1 aliphatic heterocycles. The Bertz CT molecular complexity index is 392. The van der Waals surface area contributed by atoms with Gasteiger partial charge < -0.3 is 19.7 Å². The van der Waals surface area contributed by atoms with E-state index in [1.165, 1.54) is 16.8 Å². The highest BCUT2D eigenvalue weighted by molar-refractivity contribution is 5.61. The Labute approximate surface area is 115 Å². The van der Waals surface area contributed by atoms with Crippen LogP contribution < -0.4 is 15.0 Å². The molecule has 1 aromatic rings. The van der Waals surface area contributed by atoms with E-state index in [9.17, 15) is 0 Å². The maximum atomic E-state index is 5.69. The van der Waals surface area contributed by atoms with Crippen LogP contribution in [0.15, 0.2) is 12.1 Å². The van der Waals surface area contributed by atoms with Gasteiger partial charge in [-0.3, -0.25) is 0 Å². The number of rotatable bonds is 5. The molecule has 106 valence electrons. The molecule has 0 saturated carbocycles. The fourth-order valence-corrected chi connectivity index (χ4v) is 2.63. The maximum Gasteiger partial charge on any atom is 0.120 e. The number of nitrogens with zero attached hydrogens (tertiary/aromatic N) is 1. The van der Waals surface area contributed by atoms with Crippen LogP contribution in [0.5, 0.6) is 5.75 Å². The lowest BCUT2D eigenvalue weighted by Gasteiger charge is -2.32. The van der Waals surface area contributed by atoms with E-state index < -0.39 is 0 Å². The van der Waals surface area contributed by atoms with Crippen molar-refractivity contribution >= 4 is 5.69 Å². The van der Waals surface area contributed by atoms with E-state index in [1.807, 2.05) is 0 Å². The van der Waals surface area contributed by atoms with E-state index in [1.54, 1.807) is 7.11 Å². The fourth-order valence-electron chi connectivity index (χ4n) is 2.63. The highest BCUT2D eigenvalue weighted by Crippen LogP contribution is 2.29. The molecule has 0 spiro atoms. The van der Waals surface area contributed by atoms with Crippen molar-refractivity contribution in [2.75, 3.05) is 51.4 Å². The Morgan fingerprint density at radius 3 is 2.32 bits per heavy atom. The zero-order valence-electron chi connectivity index (χ0n) is 12.2. The predicted octanol–water partition coefficient (Wildman–Crippen LogP) is 1.74. The quantitative estimate of drug-likeness (QED) is 0.821. The number of nitrogens with one attached hydrogen (secondary N) is 1. The second-order valence-corrected chi connectivity index (χ2v) is 4.98. The third-order valence-electron chi connectivity index (χ3n) is 3.45. The Balaban J connectivity index is 2.12. The van der Waals surface area contributed by atoms with Gasteiger partial charge in [-0.05, 0) is 37.1 Å². The van der Waals surface area contributed by atoms with Crippen LogP contribution in [0.3, 0.4) is 0 Å². The van der Waals surface area contributed by atoms with Gasteiger partial charge in [0.25, 0.3) is 0 Å². The first-order valence-electron chi connectivity index (χ1n) is 6.91. The Morgan fingerprint density at radius 1 is 1.11 bits per heavy atom. The van der Waals surface area contributed by atoms with E-state index in [0.29, 0.717) is 13.2 Å². The number of hydrogen-bond donors (Lipinski definition) is 1. The highest BCUT2D eigenvalue weighted by Gasteiger charge is 2.15. The molecule has 1 saturated heterocycles. The summed E-state index contributed by atoms with van der Waals surface area (Å²) in [6.07, 6.45) is 0. The molecule has 0 aromatic heterocycles. The van der Waals surface area contributed by atoms with Crippen LogP contribution in [0.4, 0.5) is 5.69 Å². The molecule has 4 nitrogen and oxygen atoms in total. The first kappa shape index (κ1) is 14.2. The molecule has 2 rings (SSSR count). The van der Waals surface area contributed by atoms with Gasteiger partial charge in [-0.25, -0.2) is 0 Å². The average molecular weight is 264 g/mol. The molecule has 1 aliphatic rings. The summed E-state index contributed by atoms with van der Waals surface area (Å²) in [5.74, 6) is 0.936. The number of ether oxygens (including phenoxy) is 2. The summed E-state index contributed by atoms with van der Waals surface area (Å²) < 4.78 is 10.7. The number of methoxy groups -OCH3 is 1. The summed E-state index contributed by atoms with van der Waals surface area (Å²) in [5.41, 5.74) is 3.93. The van der Waals surface area contributed by atoms with Crippen molar-refractivity contribution in [2.45, 2.75) is 13.8 Å². The normalized spacial score (nSPS) is 15.6. The van der Waals surface area contributed by atoms with Crippen LogP contribution >= 0.6 is 0 Å². The molecular formula is C15H24N2O2. The molecule has 0 atom stereocenters. The van der Waals surface area contributed by atoms with Crippen molar-refractivity contribution in [3.8, 4) is 5.75 Å². The number of hydrogen-bond acceptors (Lipinski definition) is 4. The van der Waals surface area contributed by atoms with E-state index in [2.05, 4.69) is 36.2 Å². The lowest BCUT2D eigenvalue weighted by Crippen LogP contribution is -2.44. The summed E-state index contributed by atoms with van der Waals surface area (Å²) in [6, 6.07) is 4.25. The maximum absolute atomic E-state index is 5.69. The van der Waals surface area contributed by atoms with Crippen molar-refractivity contribution in [2.24, 2.45) is 0 Å². The Kier molecular flexibility index (Phi) is 5.05. The van der Waals surface area contributed by atoms with Crippen molar-refractivity contribution in [3.63, 3.8) is 0 Å². The molecule has 1 heterocycles. The second-order valence-electron chi connectivity index (χ2n) is 4.98. The van der Waals surface area contributed by atoms with Crippen LogP contribution in [-0.2, 0) is 4.74 Å². The van der Waals surface area contributed by atoms with Crippen LogP contribution in [-0.4, -0.2) is 46.5 Å². The molecule has 19 heavy (non-hydrogen) atoms. The number of piperazine rings is 1. The summed E-state index contributed by atoms with van der Waals surface area (Å²) >= 11 is 0. The van der Waals surface area contributed by atoms with Gasteiger partial charge in [0.1, 0.15) is 12.4 Å². The van der Waals surface area contributed by atoms with Gasteiger partial charge in [-0.2, -0.15) is 0 Å². The smallest absolute Gasteiger partial charge is 0.120 e. The van der Waals surface area contributed by atoms with E-state index in [-0.39, 0.29) is 0 Å². The van der Waals surface area contributed by atoms with Crippen molar-refractivity contribution in [1.29, 1.82) is 0 Å². The fraction of sp³-hybridized carbons (Fsp3) is 0.600. The van der Waals surface area contributed by atoms with Gasteiger partial charge in [0.15, 0.2) is 0 Å². The van der Waals surface area contributed by atoms with Crippen LogP contribution in [0, 0.1) is 13.8 Å². The standard InChI is InChI=1S/C15H24N2O2/c1-12-10-14(19-9-8-18-3)11-13(2)15(12)17-6-4-16-5-7-17/h10-11,16H,4-9H2,1-3H3. The topological polar surface area (TPSA) is 33.7 Å². The van der Waals surface area contributed by atoms with Gasteiger partial charge in [-0.1, -0.05) is 0 Å². The van der Waals surface area contributed by atoms with Gasteiger partial charge in [0, 0.05) is 39.0 Å². The number of anilines is 1. The van der Waals surface area contributed by atoms with Crippen molar-refractivity contribution < 1.29 is 9.47 Å². The number of aryl methyl sites for hydroxylation is 2. The molecular weight excluding hydrogens is 240 g/mol. The lowest BCUT2D eigenvalue weighted by atomic mass is 10.1. The molecule has 1 fully saturated rings. The molecule has 0 amide bonds. The largest absolute Gasteiger partial charge is 0.491 e. The average Bonchev–Trinajstić information content (AvgIpc) is 2.39. The van der Waals surface area contributed by atoms with Crippen molar-refractivity contribution in [1.82, 2.24) is 5.32 Å². The van der Waals surface area contributed by atoms with Gasteiger partial charge in [0.05, 0.1) is 6.61 Å².